The second-order valence-electron chi connectivity index (χ2n) is 5.49. The molecular formula is C15H21ClFN3O3S. The number of nitrogens with zero attached hydrogens (tertiary/aromatic N) is 2. The predicted molar refractivity (Wildman–Crippen MR) is 89.9 cm³/mol. The number of amides is 1. The lowest BCUT2D eigenvalue weighted by Gasteiger charge is -2.33. The molecule has 1 aliphatic rings. The number of sulfonamides is 1. The van der Waals surface area contributed by atoms with E-state index < -0.39 is 15.8 Å². The second-order valence-corrected chi connectivity index (χ2v) is 7.80. The highest BCUT2D eigenvalue weighted by Crippen LogP contribution is 2.17. The summed E-state index contributed by atoms with van der Waals surface area (Å²) in [6.45, 7) is 3.10. The van der Waals surface area contributed by atoms with E-state index in [9.17, 15) is 17.6 Å². The molecule has 0 saturated carbocycles. The van der Waals surface area contributed by atoms with Crippen LogP contribution in [0.15, 0.2) is 29.2 Å². The van der Waals surface area contributed by atoms with E-state index in [0.29, 0.717) is 51.6 Å². The van der Waals surface area contributed by atoms with Crippen LogP contribution in [0, 0.1) is 5.82 Å². The fourth-order valence-electron chi connectivity index (χ4n) is 2.48. The Balaban J connectivity index is 1.81. The number of carbonyl (C=O) groups is 1. The Labute approximate surface area is 146 Å². The van der Waals surface area contributed by atoms with Crippen LogP contribution >= 0.6 is 11.6 Å². The maximum Gasteiger partial charge on any atom is 0.243 e. The molecule has 1 amide bonds. The molecule has 24 heavy (non-hydrogen) atoms. The lowest BCUT2D eigenvalue weighted by Crippen LogP contribution is -2.50. The summed E-state index contributed by atoms with van der Waals surface area (Å²) < 4.78 is 39.3. The van der Waals surface area contributed by atoms with Gasteiger partial charge < -0.3 is 5.32 Å². The minimum Gasteiger partial charge on any atom is -0.355 e. The van der Waals surface area contributed by atoms with E-state index in [0.717, 1.165) is 12.1 Å². The van der Waals surface area contributed by atoms with E-state index in [2.05, 4.69) is 10.2 Å². The number of nitrogens with one attached hydrogen (secondary N) is 1. The molecule has 0 spiro atoms. The van der Waals surface area contributed by atoms with Crippen molar-refractivity contribution in [3.8, 4) is 0 Å². The topological polar surface area (TPSA) is 69.7 Å². The Morgan fingerprint density at radius 2 is 1.79 bits per heavy atom. The van der Waals surface area contributed by atoms with Crippen molar-refractivity contribution in [2.75, 3.05) is 45.1 Å². The summed E-state index contributed by atoms with van der Waals surface area (Å²) in [4.78, 5) is 13.5. The van der Waals surface area contributed by atoms with Gasteiger partial charge in [0.05, 0.1) is 4.90 Å². The summed E-state index contributed by atoms with van der Waals surface area (Å²) in [5, 5.41) is 2.77. The van der Waals surface area contributed by atoms with Gasteiger partial charge in [-0.1, -0.05) is 0 Å². The van der Waals surface area contributed by atoms with E-state index in [1.165, 1.54) is 16.4 Å². The van der Waals surface area contributed by atoms with Crippen molar-refractivity contribution in [1.29, 1.82) is 0 Å². The Morgan fingerprint density at radius 1 is 1.17 bits per heavy atom. The molecule has 0 atom stereocenters. The monoisotopic (exact) mass is 377 g/mol. The van der Waals surface area contributed by atoms with Gasteiger partial charge in [0.25, 0.3) is 0 Å². The normalized spacial score (nSPS) is 16.9. The molecule has 1 aliphatic heterocycles. The summed E-state index contributed by atoms with van der Waals surface area (Å²) >= 11 is 5.49. The van der Waals surface area contributed by atoms with Crippen molar-refractivity contribution in [2.45, 2.75) is 11.3 Å². The van der Waals surface area contributed by atoms with Crippen molar-refractivity contribution in [3.63, 3.8) is 0 Å². The number of alkyl halides is 1. The summed E-state index contributed by atoms with van der Waals surface area (Å²) in [6.07, 6.45) is 0.297. The highest BCUT2D eigenvalue weighted by atomic mass is 35.5. The third-order valence-electron chi connectivity index (χ3n) is 3.85. The summed E-state index contributed by atoms with van der Waals surface area (Å²) in [7, 11) is -3.59. The molecule has 1 fully saturated rings. The van der Waals surface area contributed by atoms with Gasteiger partial charge in [-0.15, -0.1) is 11.6 Å². The minimum atomic E-state index is -3.59. The van der Waals surface area contributed by atoms with Crippen LogP contribution in [-0.2, 0) is 14.8 Å². The predicted octanol–water partition coefficient (Wildman–Crippen LogP) is 0.877. The van der Waals surface area contributed by atoms with Crippen molar-refractivity contribution >= 4 is 27.5 Å². The van der Waals surface area contributed by atoms with E-state index >= 15 is 0 Å². The number of rotatable bonds is 7. The van der Waals surface area contributed by atoms with Crippen molar-refractivity contribution in [3.05, 3.63) is 30.1 Å². The maximum absolute atomic E-state index is 12.9. The van der Waals surface area contributed by atoms with E-state index in [-0.39, 0.29) is 10.8 Å². The van der Waals surface area contributed by atoms with E-state index in [1.54, 1.807) is 0 Å². The van der Waals surface area contributed by atoms with Gasteiger partial charge in [0.1, 0.15) is 5.82 Å². The number of piperazine rings is 1. The molecule has 0 unspecified atom stereocenters. The molecule has 1 aromatic rings. The first-order chi connectivity index (χ1) is 11.4. The minimum absolute atomic E-state index is 0.0810. The van der Waals surface area contributed by atoms with Gasteiger partial charge >= 0.3 is 0 Å². The smallest absolute Gasteiger partial charge is 0.243 e. The number of carbonyl (C=O) groups excluding carboxylic acids is 1. The summed E-state index contributed by atoms with van der Waals surface area (Å²) in [5.74, 6) is -0.247. The average Bonchev–Trinajstić information content (AvgIpc) is 2.56. The van der Waals surface area contributed by atoms with E-state index in [1.807, 2.05) is 0 Å². The molecule has 0 aliphatic carbocycles. The number of hydrogen-bond acceptors (Lipinski definition) is 4. The van der Waals surface area contributed by atoms with Crippen LogP contribution in [0.2, 0.25) is 0 Å². The molecule has 1 heterocycles. The maximum atomic E-state index is 12.9. The van der Waals surface area contributed by atoms with Gasteiger partial charge in [-0.3, -0.25) is 9.69 Å². The van der Waals surface area contributed by atoms with Crippen LogP contribution in [0.1, 0.15) is 6.42 Å². The Hall–Kier alpha value is -1.22. The van der Waals surface area contributed by atoms with Crippen LogP contribution < -0.4 is 5.32 Å². The fraction of sp³-hybridized carbons (Fsp3) is 0.533. The average molecular weight is 378 g/mol. The van der Waals surface area contributed by atoms with Gasteiger partial charge in [0.15, 0.2) is 0 Å². The quantitative estimate of drug-likeness (QED) is 0.716. The lowest BCUT2D eigenvalue weighted by atomic mass is 10.3. The van der Waals surface area contributed by atoms with Crippen molar-refractivity contribution in [2.24, 2.45) is 0 Å². The van der Waals surface area contributed by atoms with Gasteiger partial charge in [0.2, 0.25) is 15.9 Å². The van der Waals surface area contributed by atoms with Crippen molar-refractivity contribution < 1.29 is 17.6 Å². The molecule has 2 rings (SSSR count). The zero-order valence-electron chi connectivity index (χ0n) is 13.2. The summed E-state index contributed by atoms with van der Waals surface area (Å²) in [5.41, 5.74) is 0. The highest BCUT2D eigenvalue weighted by molar-refractivity contribution is 7.89. The van der Waals surface area contributed by atoms with Crippen LogP contribution in [0.5, 0.6) is 0 Å². The first kappa shape index (κ1) is 19.1. The van der Waals surface area contributed by atoms with Crippen LogP contribution in [0.4, 0.5) is 4.39 Å². The van der Waals surface area contributed by atoms with Gasteiger partial charge in [-0.2, -0.15) is 4.31 Å². The largest absolute Gasteiger partial charge is 0.355 e. The molecular weight excluding hydrogens is 357 g/mol. The third kappa shape index (κ3) is 5.14. The fourth-order valence-corrected chi connectivity index (χ4v) is 4.07. The SMILES string of the molecule is O=C(CCCl)NCCN1CCN(S(=O)(=O)c2ccc(F)cc2)CC1. The van der Waals surface area contributed by atoms with Crippen LogP contribution in [0.3, 0.4) is 0 Å². The van der Waals surface area contributed by atoms with Gasteiger partial charge in [-0.25, -0.2) is 12.8 Å². The number of hydrogen-bond donors (Lipinski definition) is 1. The Morgan fingerprint density at radius 3 is 2.38 bits per heavy atom. The molecule has 1 saturated heterocycles. The zero-order valence-corrected chi connectivity index (χ0v) is 14.8. The van der Waals surface area contributed by atoms with Gasteiger partial charge in [0, 0.05) is 51.6 Å². The van der Waals surface area contributed by atoms with Crippen LogP contribution in [0.25, 0.3) is 0 Å². The highest BCUT2D eigenvalue weighted by Gasteiger charge is 2.28. The first-order valence-corrected chi connectivity index (χ1v) is 9.71. The first-order valence-electron chi connectivity index (χ1n) is 7.74. The standard InChI is InChI=1S/C15H21ClFN3O3S/c16-6-5-15(21)18-7-8-19-9-11-20(12-10-19)24(22,23)14-3-1-13(17)2-4-14/h1-4H,5-12H2,(H,18,21). The molecule has 0 radical (unpaired) electrons. The molecule has 1 N–H and O–H groups in total. The molecule has 6 nitrogen and oxygen atoms in total. The van der Waals surface area contributed by atoms with Crippen molar-refractivity contribution in [1.82, 2.24) is 14.5 Å². The Bertz CT molecular complexity index is 646. The Kier molecular flexibility index (Phi) is 6.97. The summed E-state index contributed by atoms with van der Waals surface area (Å²) in [6, 6.07) is 4.85. The third-order valence-corrected chi connectivity index (χ3v) is 5.96. The molecule has 9 heteroatoms. The lowest BCUT2D eigenvalue weighted by molar-refractivity contribution is -0.120. The number of benzene rings is 1. The molecule has 0 bridgehead atoms. The number of halogens is 2. The molecule has 1 aromatic carbocycles. The van der Waals surface area contributed by atoms with Gasteiger partial charge in [-0.05, 0) is 24.3 Å². The second kappa shape index (κ2) is 8.75. The van der Waals surface area contributed by atoms with E-state index in [4.69, 9.17) is 11.6 Å². The molecule has 0 aromatic heterocycles. The zero-order chi connectivity index (χ0) is 17.6. The molecule has 134 valence electrons. The van der Waals surface area contributed by atoms with Crippen LogP contribution in [-0.4, -0.2) is 68.7 Å².